The number of fused-ring (bicyclic) bond motifs is 1. The van der Waals surface area contributed by atoms with E-state index in [1.807, 2.05) is 34.1 Å². The Morgan fingerprint density at radius 3 is 2.42 bits per heavy atom. The van der Waals surface area contributed by atoms with Crippen molar-refractivity contribution in [2.24, 2.45) is 7.05 Å². The van der Waals surface area contributed by atoms with Crippen molar-refractivity contribution in [3.05, 3.63) is 87.6 Å². The molecule has 0 bridgehead atoms. The Kier molecular flexibility index (Phi) is 9.94. The zero-order valence-corrected chi connectivity index (χ0v) is 29.7. The van der Waals surface area contributed by atoms with E-state index in [0.29, 0.717) is 72.2 Å². The number of methoxy groups -OCH3 is 1. The van der Waals surface area contributed by atoms with E-state index in [4.69, 9.17) is 16.3 Å². The number of piperazine rings is 1. The van der Waals surface area contributed by atoms with Gasteiger partial charge in [-0.2, -0.15) is 0 Å². The molecule has 2 N–H and O–H groups in total. The molecule has 7 rings (SSSR count). The van der Waals surface area contributed by atoms with E-state index >= 15 is 13.2 Å². The number of alkyl halides is 2. The number of imide groups is 1. The predicted molar refractivity (Wildman–Crippen MR) is 195 cm³/mol. The second-order valence-corrected chi connectivity index (χ2v) is 14.2. The van der Waals surface area contributed by atoms with Crippen molar-refractivity contribution in [2.75, 3.05) is 56.6 Å². The highest BCUT2D eigenvalue weighted by atomic mass is 35.5. The lowest BCUT2D eigenvalue weighted by molar-refractivity contribution is -0.133. The number of rotatable bonds is 8. The number of carbonyl (C=O) groups excluding carboxylic acids is 2. The summed E-state index contributed by atoms with van der Waals surface area (Å²) in [6.45, 7) is 1.66. The maximum absolute atomic E-state index is 15.9. The summed E-state index contributed by atoms with van der Waals surface area (Å²) in [5.74, 6) is -3.76. The lowest BCUT2D eigenvalue weighted by Crippen LogP contribution is -2.61. The SMILES string of the molecule is COc1cc(-c2cn(C)c(=O)c3ccccc23)cc(Cl)c1CN1CCC(N2CCN(c3ccc(NC4CCC(=O)NC4=O)cc3F)CC2)C(F)(F)C1. The summed E-state index contributed by atoms with van der Waals surface area (Å²) in [5.41, 5.74) is 2.86. The number of likely N-dealkylation sites (tertiary alicyclic amines) is 1. The van der Waals surface area contributed by atoms with E-state index < -0.39 is 36.3 Å². The first-order chi connectivity index (χ1) is 24.9. The van der Waals surface area contributed by atoms with E-state index in [9.17, 15) is 14.4 Å². The van der Waals surface area contributed by atoms with Gasteiger partial charge in [-0.05, 0) is 60.2 Å². The number of ether oxygens (including phenoxy) is 1. The van der Waals surface area contributed by atoms with Crippen LogP contribution >= 0.6 is 11.6 Å². The molecule has 0 aliphatic carbocycles. The number of aromatic nitrogens is 1. The minimum atomic E-state index is -3.00. The Morgan fingerprint density at radius 2 is 1.73 bits per heavy atom. The number of pyridine rings is 1. The van der Waals surface area contributed by atoms with Crippen LogP contribution < -0.4 is 25.8 Å². The second kappa shape index (κ2) is 14.4. The van der Waals surface area contributed by atoms with E-state index in [-0.39, 0.29) is 30.9 Å². The van der Waals surface area contributed by atoms with Gasteiger partial charge in [0.1, 0.15) is 17.6 Å². The van der Waals surface area contributed by atoms with Crippen molar-refractivity contribution >= 4 is 45.6 Å². The molecule has 52 heavy (non-hydrogen) atoms. The van der Waals surface area contributed by atoms with Crippen LogP contribution in [0.3, 0.4) is 0 Å². The third-order valence-corrected chi connectivity index (χ3v) is 10.8. The molecule has 14 heteroatoms. The van der Waals surface area contributed by atoms with Gasteiger partial charge in [-0.1, -0.05) is 29.8 Å². The molecule has 3 aromatic carbocycles. The van der Waals surface area contributed by atoms with Gasteiger partial charge < -0.3 is 19.5 Å². The molecule has 4 aromatic rings. The Morgan fingerprint density at radius 1 is 0.981 bits per heavy atom. The number of carbonyl (C=O) groups is 2. The first-order valence-corrected chi connectivity index (χ1v) is 17.7. The minimum absolute atomic E-state index is 0.109. The molecule has 1 aromatic heterocycles. The highest BCUT2D eigenvalue weighted by Crippen LogP contribution is 2.39. The van der Waals surface area contributed by atoms with Crippen molar-refractivity contribution in [3.8, 4) is 16.9 Å². The van der Waals surface area contributed by atoms with Gasteiger partial charge in [-0.15, -0.1) is 0 Å². The first kappa shape index (κ1) is 35.8. The summed E-state index contributed by atoms with van der Waals surface area (Å²) in [4.78, 5) is 41.6. The van der Waals surface area contributed by atoms with Crippen molar-refractivity contribution in [3.63, 3.8) is 0 Å². The van der Waals surface area contributed by atoms with Crippen LogP contribution in [0.5, 0.6) is 5.75 Å². The average Bonchev–Trinajstić information content (AvgIpc) is 3.12. The molecule has 2 amide bonds. The lowest BCUT2D eigenvalue weighted by Gasteiger charge is -2.46. The van der Waals surface area contributed by atoms with Gasteiger partial charge in [0, 0.05) is 86.2 Å². The second-order valence-electron chi connectivity index (χ2n) is 13.8. The molecule has 0 spiro atoms. The zero-order chi connectivity index (χ0) is 36.7. The molecule has 274 valence electrons. The number of nitrogens with zero attached hydrogens (tertiary/aromatic N) is 4. The molecule has 3 saturated heterocycles. The number of anilines is 2. The molecule has 2 atom stereocenters. The van der Waals surface area contributed by atoms with Crippen molar-refractivity contribution in [2.45, 2.75) is 43.8 Å². The molecule has 3 aliphatic heterocycles. The van der Waals surface area contributed by atoms with Gasteiger partial charge in [-0.3, -0.25) is 29.5 Å². The largest absolute Gasteiger partial charge is 0.496 e. The molecule has 2 unspecified atom stereocenters. The molecular formula is C38H40ClF3N6O4. The summed E-state index contributed by atoms with van der Waals surface area (Å²) in [6, 6.07) is 14.0. The normalized spacial score (nSPS) is 21.3. The van der Waals surface area contributed by atoms with Crippen LogP contribution in [0.4, 0.5) is 24.5 Å². The quantitative estimate of drug-likeness (QED) is 0.237. The number of aryl methyl sites for hydroxylation is 1. The molecule has 0 radical (unpaired) electrons. The molecule has 10 nitrogen and oxygen atoms in total. The fraction of sp³-hybridized carbons (Fsp3) is 0.395. The number of hydrogen-bond donors (Lipinski definition) is 2. The topological polar surface area (TPSA) is 99.2 Å². The summed E-state index contributed by atoms with van der Waals surface area (Å²) in [6.07, 6.45) is 2.55. The van der Waals surface area contributed by atoms with Gasteiger partial charge in [-0.25, -0.2) is 13.2 Å². The molecule has 3 aliphatic rings. The van der Waals surface area contributed by atoms with Crippen molar-refractivity contribution in [1.82, 2.24) is 19.7 Å². The van der Waals surface area contributed by atoms with Gasteiger partial charge >= 0.3 is 0 Å². The number of benzene rings is 3. The zero-order valence-electron chi connectivity index (χ0n) is 28.9. The number of nitrogens with one attached hydrogen (secondary N) is 2. The fourth-order valence-electron chi connectivity index (χ4n) is 7.72. The molecule has 0 saturated carbocycles. The fourth-order valence-corrected chi connectivity index (χ4v) is 7.99. The van der Waals surface area contributed by atoms with Crippen LogP contribution in [0.1, 0.15) is 24.8 Å². The Hall–Kier alpha value is -4.59. The van der Waals surface area contributed by atoms with Crippen LogP contribution in [0.25, 0.3) is 21.9 Å². The Bertz CT molecular complexity index is 2090. The Labute approximate surface area is 304 Å². The van der Waals surface area contributed by atoms with Crippen molar-refractivity contribution < 1.29 is 27.5 Å². The highest BCUT2D eigenvalue weighted by molar-refractivity contribution is 6.32. The van der Waals surface area contributed by atoms with Crippen LogP contribution in [-0.2, 0) is 23.2 Å². The summed E-state index contributed by atoms with van der Waals surface area (Å²) in [5, 5.41) is 7.01. The first-order valence-electron chi connectivity index (χ1n) is 17.4. The van der Waals surface area contributed by atoms with Gasteiger partial charge in [0.15, 0.2) is 0 Å². The van der Waals surface area contributed by atoms with Crippen LogP contribution in [-0.4, -0.2) is 90.6 Å². The third kappa shape index (κ3) is 7.09. The number of hydrogen-bond acceptors (Lipinski definition) is 8. The summed E-state index contributed by atoms with van der Waals surface area (Å²) in [7, 11) is 3.22. The highest BCUT2D eigenvalue weighted by Gasteiger charge is 2.48. The maximum atomic E-state index is 15.9. The number of amides is 2. The summed E-state index contributed by atoms with van der Waals surface area (Å²) >= 11 is 6.83. The van der Waals surface area contributed by atoms with E-state index in [1.165, 1.54) is 17.7 Å². The monoisotopic (exact) mass is 736 g/mol. The van der Waals surface area contributed by atoms with E-state index in [1.54, 1.807) is 42.4 Å². The van der Waals surface area contributed by atoms with Gasteiger partial charge in [0.25, 0.3) is 11.5 Å². The third-order valence-electron chi connectivity index (χ3n) is 10.4. The van der Waals surface area contributed by atoms with E-state index in [0.717, 1.165) is 16.5 Å². The minimum Gasteiger partial charge on any atom is -0.496 e. The average molecular weight is 737 g/mol. The standard InChI is InChI=1S/C38H40ClF3N6O4/c1-45-20-27(25-5-3-4-6-26(25)37(45)51)23-17-29(39)28(33(18-23)52-2)21-46-12-11-34(38(41,42)22-46)48-15-13-47(14-16-48)32-9-7-24(19-30(32)40)43-31-8-10-35(49)44-36(31)50/h3-7,9,17-20,31,34,43H,8,10-16,21-22H2,1-2H3,(H,44,49,50). The number of halogens is 4. The maximum Gasteiger partial charge on any atom is 0.275 e. The Balaban J connectivity index is 0.985. The van der Waals surface area contributed by atoms with Gasteiger partial charge in [0.2, 0.25) is 11.8 Å². The molecule has 3 fully saturated rings. The number of piperidine rings is 2. The molecule has 4 heterocycles. The van der Waals surface area contributed by atoms with Crippen molar-refractivity contribution in [1.29, 1.82) is 0 Å². The van der Waals surface area contributed by atoms with E-state index in [2.05, 4.69) is 10.6 Å². The predicted octanol–water partition coefficient (Wildman–Crippen LogP) is 5.26. The summed E-state index contributed by atoms with van der Waals surface area (Å²) < 4.78 is 54.2. The lowest BCUT2D eigenvalue weighted by atomic mass is 9.96. The van der Waals surface area contributed by atoms with Crippen LogP contribution in [0, 0.1) is 5.82 Å². The smallest absolute Gasteiger partial charge is 0.275 e. The van der Waals surface area contributed by atoms with Crippen LogP contribution in [0.2, 0.25) is 5.02 Å². The van der Waals surface area contributed by atoms with Gasteiger partial charge in [0.05, 0.1) is 25.4 Å². The van der Waals surface area contributed by atoms with Crippen LogP contribution in [0.15, 0.2) is 65.6 Å². The molecular weight excluding hydrogens is 697 g/mol.